The van der Waals surface area contributed by atoms with E-state index in [1.54, 1.807) is 0 Å². The first-order valence-corrected chi connectivity index (χ1v) is 18.4. The quantitative estimate of drug-likeness (QED) is 0.174. The number of nitrogens with zero attached hydrogens (tertiary/aromatic N) is 4. The molecular weight excluding hydrogens is 643 g/mol. The number of hydrogen-bond acceptors (Lipinski definition) is 3. The maximum Gasteiger partial charge on any atom is 0.257 e. The van der Waals surface area contributed by atoms with Crippen LogP contribution in [-0.2, 0) is 0 Å². The molecule has 0 N–H and O–H groups in total. The molecule has 3 aliphatic rings. The summed E-state index contributed by atoms with van der Waals surface area (Å²) in [4.78, 5) is 7.60. The highest BCUT2D eigenvalue weighted by atomic mass is 15.2. The second-order valence-corrected chi connectivity index (χ2v) is 14.5. The molecule has 0 amide bonds. The van der Waals surface area contributed by atoms with Crippen LogP contribution in [-0.4, -0.2) is 11.1 Å². The number of benzene rings is 8. The first-order chi connectivity index (χ1) is 26.4. The summed E-state index contributed by atoms with van der Waals surface area (Å²) < 4.78 is 2.57. The summed E-state index contributed by atoms with van der Waals surface area (Å²) in [6.07, 6.45) is 0. The molecule has 0 radical (unpaired) electrons. The van der Waals surface area contributed by atoms with Crippen molar-refractivity contribution in [3.05, 3.63) is 176 Å². The Bertz CT molecular complexity index is 3120. The standard InChI is InChI=1S/C48H29BN4/c1-4-15-30(16-5-1)50-38-25-13-27-40-43(38)49-44-39(50)26-14-28-41(44)52(32-19-8-3-9-20-32)48-45(49)42(51(40)31-17-6-2-7-18-31)29-36-35-23-12-22-34-33-21-10-11-24-37(33)53(46(34)35)47(36)48/h1-29H. The Morgan fingerprint density at radius 2 is 0.774 bits per heavy atom. The van der Waals surface area contributed by atoms with E-state index in [4.69, 9.17) is 0 Å². The van der Waals surface area contributed by atoms with Gasteiger partial charge in [0.2, 0.25) is 0 Å². The molecule has 10 aromatic rings. The smallest absolute Gasteiger partial charge is 0.257 e. The van der Waals surface area contributed by atoms with Gasteiger partial charge in [-0.1, -0.05) is 103 Å². The van der Waals surface area contributed by atoms with Crippen molar-refractivity contribution < 1.29 is 0 Å². The zero-order valence-electron chi connectivity index (χ0n) is 28.6. The molecule has 0 spiro atoms. The first kappa shape index (κ1) is 27.7. The van der Waals surface area contributed by atoms with Crippen molar-refractivity contribution in [3.8, 4) is 0 Å². The Labute approximate surface area is 306 Å². The fraction of sp³-hybridized carbons (Fsp3) is 0. The van der Waals surface area contributed by atoms with Crippen LogP contribution >= 0.6 is 0 Å². The van der Waals surface area contributed by atoms with Crippen LogP contribution < -0.4 is 31.1 Å². The van der Waals surface area contributed by atoms with Gasteiger partial charge in [0.05, 0.1) is 22.2 Å². The van der Waals surface area contributed by atoms with Crippen molar-refractivity contribution in [2.45, 2.75) is 0 Å². The van der Waals surface area contributed by atoms with Gasteiger partial charge in [-0.2, -0.15) is 0 Å². The van der Waals surface area contributed by atoms with E-state index >= 15 is 0 Å². The van der Waals surface area contributed by atoms with E-state index in [0.717, 1.165) is 17.1 Å². The largest absolute Gasteiger partial charge is 0.311 e. The molecule has 0 saturated heterocycles. The van der Waals surface area contributed by atoms with Crippen molar-refractivity contribution in [2.24, 2.45) is 0 Å². The lowest BCUT2D eigenvalue weighted by atomic mass is 9.31. The Morgan fingerprint density at radius 3 is 1.38 bits per heavy atom. The number of para-hydroxylation sites is 5. The number of fused-ring (bicyclic) bond motifs is 7. The SMILES string of the molecule is c1ccc(N2c3cccc4c3B3c5c2cccc5N(c2ccccc2)c2c3c(cc3c5cccc6c7ccccc7n(c23)c65)N4c2ccccc2)cc1. The minimum absolute atomic E-state index is 0.0311. The molecule has 4 nitrogen and oxygen atoms in total. The van der Waals surface area contributed by atoms with Gasteiger partial charge in [-0.05, 0) is 89.2 Å². The first-order valence-electron chi connectivity index (χ1n) is 18.4. The van der Waals surface area contributed by atoms with Gasteiger partial charge in [-0.25, -0.2) is 0 Å². The molecule has 0 fully saturated rings. The summed E-state index contributed by atoms with van der Waals surface area (Å²) >= 11 is 0. The van der Waals surface area contributed by atoms with Crippen molar-refractivity contribution in [2.75, 3.05) is 14.7 Å². The molecule has 2 aromatic heterocycles. The highest BCUT2D eigenvalue weighted by Gasteiger charge is 2.50. The molecule has 0 aliphatic carbocycles. The third kappa shape index (κ3) is 3.34. The fourth-order valence-electron chi connectivity index (χ4n) is 10.1. The summed E-state index contributed by atoms with van der Waals surface area (Å²) in [6, 6.07) is 64.9. The summed E-state index contributed by atoms with van der Waals surface area (Å²) in [5, 5.41) is 5.14. The Kier molecular flexibility index (Phi) is 5.16. The lowest BCUT2D eigenvalue weighted by molar-refractivity contribution is 1.22. The third-order valence-electron chi connectivity index (χ3n) is 12.0. The molecule has 0 bridgehead atoms. The van der Waals surface area contributed by atoms with Gasteiger partial charge in [0.15, 0.2) is 0 Å². The van der Waals surface area contributed by atoms with Gasteiger partial charge in [-0.3, -0.25) is 0 Å². The molecule has 5 heterocycles. The lowest BCUT2D eigenvalue weighted by Gasteiger charge is -2.49. The van der Waals surface area contributed by atoms with Gasteiger partial charge in [0, 0.05) is 67.0 Å². The molecule has 53 heavy (non-hydrogen) atoms. The molecule has 8 aromatic carbocycles. The molecule has 0 atom stereocenters. The van der Waals surface area contributed by atoms with Crippen LogP contribution in [0.5, 0.6) is 0 Å². The van der Waals surface area contributed by atoms with Crippen LogP contribution in [0, 0.1) is 0 Å². The van der Waals surface area contributed by atoms with E-state index in [1.807, 2.05) is 0 Å². The van der Waals surface area contributed by atoms with Crippen molar-refractivity contribution in [1.82, 2.24) is 4.40 Å². The maximum atomic E-state index is 2.57. The molecule has 0 saturated carbocycles. The monoisotopic (exact) mass is 672 g/mol. The summed E-state index contributed by atoms with van der Waals surface area (Å²) in [7, 11) is 0. The Balaban J connectivity index is 1.29. The van der Waals surface area contributed by atoms with Gasteiger partial charge in [0.25, 0.3) is 6.71 Å². The van der Waals surface area contributed by atoms with E-state index in [2.05, 4.69) is 195 Å². The predicted octanol–water partition coefficient (Wildman–Crippen LogP) is 10.7. The topological polar surface area (TPSA) is 14.1 Å². The zero-order chi connectivity index (χ0) is 34.4. The number of hydrogen-bond donors (Lipinski definition) is 0. The van der Waals surface area contributed by atoms with Crippen molar-refractivity contribution >= 4 is 112 Å². The number of anilines is 9. The maximum absolute atomic E-state index is 2.57. The molecule has 13 rings (SSSR count). The van der Waals surface area contributed by atoms with E-state index < -0.39 is 0 Å². The zero-order valence-corrected chi connectivity index (χ0v) is 28.6. The van der Waals surface area contributed by atoms with Crippen LogP contribution in [0.2, 0.25) is 0 Å². The number of aromatic nitrogens is 1. The van der Waals surface area contributed by atoms with Crippen molar-refractivity contribution in [1.29, 1.82) is 0 Å². The third-order valence-corrected chi connectivity index (χ3v) is 12.0. The molecular formula is C48H29BN4. The summed E-state index contributed by atoms with van der Waals surface area (Å²) in [5.41, 5.74) is 18.7. The fourth-order valence-corrected chi connectivity index (χ4v) is 10.1. The van der Waals surface area contributed by atoms with Crippen LogP contribution in [0.15, 0.2) is 176 Å². The van der Waals surface area contributed by atoms with E-state index in [0.29, 0.717) is 0 Å². The van der Waals surface area contributed by atoms with Crippen LogP contribution in [0.25, 0.3) is 38.1 Å². The molecule has 244 valence electrons. The normalized spacial score (nSPS) is 13.9. The second-order valence-electron chi connectivity index (χ2n) is 14.5. The van der Waals surface area contributed by atoms with Crippen LogP contribution in [0.3, 0.4) is 0 Å². The van der Waals surface area contributed by atoms with Gasteiger partial charge in [-0.15, -0.1) is 0 Å². The summed E-state index contributed by atoms with van der Waals surface area (Å²) in [5.74, 6) is 0. The average Bonchev–Trinajstić information content (AvgIpc) is 3.74. The Hall–Kier alpha value is -6.98. The van der Waals surface area contributed by atoms with Gasteiger partial charge < -0.3 is 19.1 Å². The number of rotatable bonds is 3. The predicted molar refractivity (Wildman–Crippen MR) is 223 cm³/mol. The molecule has 5 heteroatoms. The van der Waals surface area contributed by atoms with Crippen molar-refractivity contribution in [3.63, 3.8) is 0 Å². The minimum atomic E-state index is 0.0311. The second kappa shape index (κ2) is 9.87. The molecule has 3 aliphatic heterocycles. The van der Waals surface area contributed by atoms with E-state index in [-0.39, 0.29) is 6.71 Å². The minimum Gasteiger partial charge on any atom is -0.311 e. The van der Waals surface area contributed by atoms with Crippen LogP contribution in [0.1, 0.15) is 0 Å². The highest BCUT2D eigenvalue weighted by molar-refractivity contribution is 7.03. The van der Waals surface area contributed by atoms with Gasteiger partial charge >= 0.3 is 0 Å². The Morgan fingerprint density at radius 1 is 0.321 bits per heavy atom. The highest BCUT2D eigenvalue weighted by Crippen LogP contribution is 2.53. The molecule has 0 unspecified atom stereocenters. The van der Waals surface area contributed by atoms with E-state index in [9.17, 15) is 0 Å². The average molecular weight is 673 g/mol. The van der Waals surface area contributed by atoms with Gasteiger partial charge in [0.1, 0.15) is 0 Å². The van der Waals surface area contributed by atoms with E-state index in [1.165, 1.54) is 88.6 Å². The van der Waals surface area contributed by atoms with Crippen LogP contribution in [0.4, 0.5) is 51.2 Å². The summed E-state index contributed by atoms with van der Waals surface area (Å²) in [6.45, 7) is 0.0311. The lowest BCUT2D eigenvalue weighted by Crippen LogP contribution is -2.64.